The summed E-state index contributed by atoms with van der Waals surface area (Å²) in [7, 11) is 0. The fourth-order valence-corrected chi connectivity index (χ4v) is 5.16. The van der Waals surface area contributed by atoms with E-state index < -0.39 is 0 Å². The van der Waals surface area contributed by atoms with Gasteiger partial charge < -0.3 is 9.88 Å². The lowest BCUT2D eigenvalue weighted by atomic mass is 9.90. The number of carbonyl (C=O) groups excluding carboxylic acids is 1. The van der Waals surface area contributed by atoms with Crippen molar-refractivity contribution in [2.45, 2.75) is 51.2 Å². The molecule has 0 spiro atoms. The number of imidazole rings is 1. The third-order valence-electron chi connectivity index (χ3n) is 6.32. The molecule has 3 aromatic heterocycles. The lowest BCUT2D eigenvalue weighted by Crippen LogP contribution is -2.34. The number of aromatic nitrogens is 4. The maximum atomic E-state index is 12.5. The predicted octanol–water partition coefficient (Wildman–Crippen LogP) is 5.26. The number of unbranched alkanes of at least 4 members (excludes halogenated alkanes) is 1. The number of pyridine rings is 2. The number of fused-ring (bicyclic) bond motifs is 1. The standard InChI is InChI=1S/C26H30Cl2N6O/c1-2-13-33-15-12-30-23(33)18-34(22-9-5-7-19-8-6-11-31-25(19)22)14-4-3-10-32-26(35)24-20(27)16-29-17-21(24)28/h2,6,8,11-12,15-17,22H,1,3-5,7,9-10,13-14,18H2,(H,32,35)/t22-/m0/s1. The lowest BCUT2D eigenvalue weighted by molar-refractivity contribution is 0.0952. The van der Waals surface area contributed by atoms with E-state index in [4.69, 9.17) is 28.2 Å². The summed E-state index contributed by atoms with van der Waals surface area (Å²) in [6.07, 6.45) is 15.5. The second-order valence-electron chi connectivity index (χ2n) is 8.65. The molecule has 0 radical (unpaired) electrons. The van der Waals surface area contributed by atoms with Crippen LogP contribution in [0.4, 0.5) is 0 Å². The fraction of sp³-hybridized carbons (Fsp3) is 0.385. The Morgan fingerprint density at radius 1 is 1.23 bits per heavy atom. The lowest BCUT2D eigenvalue weighted by Gasteiger charge is -2.35. The molecule has 1 N–H and O–H groups in total. The monoisotopic (exact) mass is 512 g/mol. The highest BCUT2D eigenvalue weighted by atomic mass is 35.5. The maximum absolute atomic E-state index is 12.5. The second-order valence-corrected chi connectivity index (χ2v) is 9.47. The number of hydrogen-bond donors (Lipinski definition) is 1. The number of carbonyl (C=O) groups is 1. The molecule has 9 heteroatoms. The molecule has 0 saturated carbocycles. The van der Waals surface area contributed by atoms with Crippen molar-refractivity contribution in [1.29, 1.82) is 0 Å². The summed E-state index contributed by atoms with van der Waals surface area (Å²) < 4.78 is 2.13. The summed E-state index contributed by atoms with van der Waals surface area (Å²) in [5.74, 6) is 0.736. The number of halogens is 2. The van der Waals surface area contributed by atoms with Crippen molar-refractivity contribution < 1.29 is 4.79 Å². The van der Waals surface area contributed by atoms with Gasteiger partial charge in [-0.2, -0.15) is 0 Å². The molecule has 1 atom stereocenters. The van der Waals surface area contributed by atoms with Crippen molar-refractivity contribution in [2.75, 3.05) is 13.1 Å². The van der Waals surface area contributed by atoms with Gasteiger partial charge in [-0.3, -0.25) is 19.7 Å². The predicted molar refractivity (Wildman–Crippen MR) is 139 cm³/mol. The quantitative estimate of drug-likeness (QED) is 0.280. The van der Waals surface area contributed by atoms with Gasteiger partial charge in [0, 0.05) is 44.1 Å². The average Bonchev–Trinajstić information content (AvgIpc) is 3.29. The molecule has 1 amide bonds. The number of hydrogen-bond acceptors (Lipinski definition) is 5. The van der Waals surface area contributed by atoms with E-state index in [-0.39, 0.29) is 27.6 Å². The molecule has 0 bridgehead atoms. The van der Waals surface area contributed by atoms with Crippen molar-refractivity contribution in [1.82, 2.24) is 29.7 Å². The minimum absolute atomic E-state index is 0.248. The first-order chi connectivity index (χ1) is 17.1. The normalized spacial score (nSPS) is 15.1. The van der Waals surface area contributed by atoms with Gasteiger partial charge in [0.05, 0.1) is 33.9 Å². The van der Waals surface area contributed by atoms with E-state index in [0.29, 0.717) is 6.54 Å². The van der Waals surface area contributed by atoms with Gasteiger partial charge >= 0.3 is 0 Å². The molecular weight excluding hydrogens is 483 g/mol. The van der Waals surface area contributed by atoms with Crippen LogP contribution >= 0.6 is 23.2 Å². The van der Waals surface area contributed by atoms with Crippen LogP contribution < -0.4 is 5.32 Å². The Labute approximate surface area is 216 Å². The van der Waals surface area contributed by atoms with Gasteiger partial charge in [-0.05, 0) is 50.3 Å². The summed E-state index contributed by atoms with van der Waals surface area (Å²) in [5.41, 5.74) is 2.78. The molecule has 35 heavy (non-hydrogen) atoms. The first kappa shape index (κ1) is 25.4. The van der Waals surface area contributed by atoms with E-state index in [2.05, 4.69) is 37.4 Å². The molecule has 1 aliphatic carbocycles. The van der Waals surface area contributed by atoms with Gasteiger partial charge in [0.25, 0.3) is 5.91 Å². The van der Waals surface area contributed by atoms with Crippen LogP contribution in [0, 0.1) is 0 Å². The molecule has 0 aromatic carbocycles. The van der Waals surface area contributed by atoms with E-state index in [1.54, 1.807) is 0 Å². The second kappa shape index (κ2) is 12.3. The van der Waals surface area contributed by atoms with Crippen LogP contribution in [0.2, 0.25) is 10.0 Å². The summed E-state index contributed by atoms with van der Waals surface area (Å²) in [5, 5.41) is 3.43. The van der Waals surface area contributed by atoms with E-state index in [9.17, 15) is 4.79 Å². The van der Waals surface area contributed by atoms with Crippen molar-refractivity contribution in [2.24, 2.45) is 0 Å². The molecule has 3 aromatic rings. The van der Waals surface area contributed by atoms with Gasteiger partial charge in [-0.15, -0.1) is 6.58 Å². The van der Waals surface area contributed by atoms with Gasteiger partial charge in [0.1, 0.15) is 5.82 Å². The average molecular weight is 513 g/mol. The van der Waals surface area contributed by atoms with Crippen LogP contribution in [-0.4, -0.2) is 43.4 Å². The van der Waals surface area contributed by atoms with Gasteiger partial charge in [0.2, 0.25) is 0 Å². The molecule has 0 saturated heterocycles. The fourth-order valence-electron chi connectivity index (χ4n) is 4.62. The molecule has 1 aliphatic rings. The number of rotatable bonds is 11. The smallest absolute Gasteiger partial charge is 0.254 e. The van der Waals surface area contributed by atoms with Crippen LogP contribution in [0.3, 0.4) is 0 Å². The first-order valence-corrected chi connectivity index (χ1v) is 12.7. The number of amides is 1. The van der Waals surface area contributed by atoms with Crippen LogP contribution in [0.5, 0.6) is 0 Å². The number of aryl methyl sites for hydroxylation is 1. The number of nitrogens with one attached hydrogen (secondary N) is 1. The Hall–Kier alpha value is -2.74. The molecule has 184 valence electrons. The Balaban J connectivity index is 1.40. The van der Waals surface area contributed by atoms with Crippen molar-refractivity contribution >= 4 is 29.1 Å². The number of allylic oxidation sites excluding steroid dienone is 1. The highest BCUT2D eigenvalue weighted by Crippen LogP contribution is 2.33. The summed E-state index contributed by atoms with van der Waals surface area (Å²) in [6, 6.07) is 4.46. The molecule has 0 aliphatic heterocycles. The zero-order valence-electron chi connectivity index (χ0n) is 19.7. The summed E-state index contributed by atoms with van der Waals surface area (Å²) >= 11 is 12.2. The molecule has 0 fully saturated rings. The Morgan fingerprint density at radius 3 is 2.86 bits per heavy atom. The molecule has 3 heterocycles. The highest BCUT2D eigenvalue weighted by Gasteiger charge is 2.28. The topological polar surface area (TPSA) is 75.9 Å². The van der Waals surface area contributed by atoms with Gasteiger partial charge in [-0.25, -0.2) is 4.98 Å². The van der Waals surface area contributed by atoms with Crippen LogP contribution in [0.15, 0.2) is 55.8 Å². The first-order valence-electron chi connectivity index (χ1n) is 11.9. The van der Waals surface area contributed by atoms with E-state index in [0.717, 1.165) is 57.6 Å². The minimum atomic E-state index is -0.281. The zero-order valence-corrected chi connectivity index (χ0v) is 21.2. The maximum Gasteiger partial charge on any atom is 0.254 e. The third kappa shape index (κ3) is 6.28. The summed E-state index contributed by atoms with van der Waals surface area (Å²) in [4.78, 5) is 28.3. The molecule has 0 unspecified atom stereocenters. The van der Waals surface area contributed by atoms with Crippen molar-refractivity contribution in [3.63, 3.8) is 0 Å². The zero-order chi connectivity index (χ0) is 24.6. The largest absolute Gasteiger partial charge is 0.352 e. The van der Waals surface area contributed by atoms with E-state index >= 15 is 0 Å². The van der Waals surface area contributed by atoms with Crippen molar-refractivity contribution in [3.05, 3.63) is 88.5 Å². The van der Waals surface area contributed by atoms with Gasteiger partial charge in [0.15, 0.2) is 0 Å². The van der Waals surface area contributed by atoms with Gasteiger partial charge in [-0.1, -0.05) is 35.3 Å². The van der Waals surface area contributed by atoms with Crippen LogP contribution in [0.25, 0.3) is 0 Å². The summed E-state index contributed by atoms with van der Waals surface area (Å²) in [6.45, 7) is 6.73. The molecular formula is C26H30Cl2N6O. The molecule has 4 rings (SSSR count). The van der Waals surface area contributed by atoms with Crippen LogP contribution in [0.1, 0.15) is 59.2 Å². The van der Waals surface area contributed by atoms with E-state index in [1.807, 2.05) is 30.7 Å². The molecule has 7 nitrogen and oxygen atoms in total. The Bertz CT molecular complexity index is 1140. The SMILES string of the molecule is C=CCn1ccnc1CN(CCCCNC(=O)c1c(Cl)cncc1Cl)[C@H]1CCCc2cccnc21. The Morgan fingerprint density at radius 2 is 2.06 bits per heavy atom. The minimum Gasteiger partial charge on any atom is -0.352 e. The van der Waals surface area contributed by atoms with Crippen molar-refractivity contribution in [3.8, 4) is 0 Å². The number of nitrogens with zero attached hydrogens (tertiary/aromatic N) is 5. The van der Waals surface area contributed by atoms with E-state index in [1.165, 1.54) is 23.7 Å². The third-order valence-corrected chi connectivity index (χ3v) is 6.89. The Kier molecular flexibility index (Phi) is 8.90. The highest BCUT2D eigenvalue weighted by molar-refractivity contribution is 6.39. The van der Waals surface area contributed by atoms with Crippen LogP contribution in [-0.2, 0) is 19.5 Å².